The summed E-state index contributed by atoms with van der Waals surface area (Å²) in [5.41, 5.74) is 5.68. The molecular formula is C25H26N6O2. The van der Waals surface area contributed by atoms with Crippen molar-refractivity contribution < 1.29 is 9.90 Å². The van der Waals surface area contributed by atoms with E-state index >= 15 is 0 Å². The SMILES string of the molecule is CCc1ccc(Nc2c(-c3cccnc3)c(CC)nn2-c2nc(C)cnc2C)c(C(=O)O)c1. The van der Waals surface area contributed by atoms with E-state index in [0.717, 1.165) is 34.5 Å². The molecule has 0 aliphatic rings. The van der Waals surface area contributed by atoms with Gasteiger partial charge in [-0.05, 0) is 50.5 Å². The van der Waals surface area contributed by atoms with E-state index in [1.807, 2.05) is 45.9 Å². The molecule has 0 fully saturated rings. The second-order valence-electron chi connectivity index (χ2n) is 7.76. The molecule has 0 aliphatic heterocycles. The average molecular weight is 443 g/mol. The number of aryl methyl sites for hydroxylation is 4. The number of pyridine rings is 1. The lowest BCUT2D eigenvalue weighted by atomic mass is 10.0. The maximum absolute atomic E-state index is 12.1. The van der Waals surface area contributed by atoms with Gasteiger partial charge in [0.1, 0.15) is 5.82 Å². The molecule has 3 aromatic heterocycles. The summed E-state index contributed by atoms with van der Waals surface area (Å²) in [7, 11) is 0. The van der Waals surface area contributed by atoms with Gasteiger partial charge in [0.15, 0.2) is 5.82 Å². The molecule has 33 heavy (non-hydrogen) atoms. The monoisotopic (exact) mass is 442 g/mol. The third kappa shape index (κ3) is 4.32. The Hall–Kier alpha value is -4.07. The van der Waals surface area contributed by atoms with E-state index in [4.69, 9.17) is 5.10 Å². The number of nitrogens with one attached hydrogen (secondary N) is 1. The Morgan fingerprint density at radius 2 is 1.94 bits per heavy atom. The first-order chi connectivity index (χ1) is 15.9. The smallest absolute Gasteiger partial charge is 0.337 e. The van der Waals surface area contributed by atoms with Crippen molar-refractivity contribution in [1.82, 2.24) is 24.7 Å². The highest BCUT2D eigenvalue weighted by Crippen LogP contribution is 2.36. The van der Waals surface area contributed by atoms with Crippen molar-refractivity contribution in [3.05, 3.63) is 77.1 Å². The van der Waals surface area contributed by atoms with Crippen molar-refractivity contribution in [2.75, 3.05) is 5.32 Å². The summed E-state index contributed by atoms with van der Waals surface area (Å²) in [5, 5.41) is 18.1. The molecule has 168 valence electrons. The zero-order valence-corrected chi connectivity index (χ0v) is 19.1. The Labute approximate surface area is 192 Å². The van der Waals surface area contributed by atoms with E-state index in [-0.39, 0.29) is 5.56 Å². The number of carboxylic acids is 1. The van der Waals surface area contributed by atoms with Crippen molar-refractivity contribution >= 4 is 17.5 Å². The zero-order valence-electron chi connectivity index (χ0n) is 19.1. The van der Waals surface area contributed by atoms with Crippen LogP contribution in [0.25, 0.3) is 16.9 Å². The first-order valence-corrected chi connectivity index (χ1v) is 10.9. The number of benzene rings is 1. The van der Waals surface area contributed by atoms with Crippen molar-refractivity contribution in [3.8, 4) is 16.9 Å². The molecule has 0 saturated carbocycles. The maximum atomic E-state index is 12.1. The van der Waals surface area contributed by atoms with Crippen LogP contribution in [0.4, 0.5) is 11.5 Å². The molecule has 0 saturated heterocycles. The van der Waals surface area contributed by atoms with Crippen LogP contribution in [-0.2, 0) is 12.8 Å². The van der Waals surface area contributed by atoms with Gasteiger partial charge in [0, 0.05) is 29.7 Å². The van der Waals surface area contributed by atoms with E-state index < -0.39 is 5.97 Å². The number of anilines is 2. The number of hydrogen-bond donors (Lipinski definition) is 2. The van der Waals surface area contributed by atoms with Crippen molar-refractivity contribution in [3.63, 3.8) is 0 Å². The molecule has 8 heteroatoms. The quantitative estimate of drug-likeness (QED) is 0.419. The van der Waals surface area contributed by atoms with Crippen LogP contribution in [0, 0.1) is 13.8 Å². The normalized spacial score (nSPS) is 10.9. The lowest BCUT2D eigenvalue weighted by molar-refractivity contribution is 0.0698. The molecule has 1 aromatic carbocycles. The number of hydrogen-bond acceptors (Lipinski definition) is 6. The summed E-state index contributed by atoms with van der Waals surface area (Å²) in [6, 6.07) is 9.26. The molecule has 0 atom stereocenters. The average Bonchev–Trinajstić information content (AvgIpc) is 3.19. The first-order valence-electron chi connectivity index (χ1n) is 10.9. The van der Waals surface area contributed by atoms with Crippen LogP contribution in [0.3, 0.4) is 0 Å². The number of nitrogens with zero attached hydrogens (tertiary/aromatic N) is 5. The van der Waals surface area contributed by atoms with E-state index in [1.54, 1.807) is 35.4 Å². The Kier molecular flexibility index (Phi) is 6.17. The van der Waals surface area contributed by atoms with Crippen LogP contribution in [-0.4, -0.2) is 35.8 Å². The fourth-order valence-corrected chi connectivity index (χ4v) is 3.74. The highest BCUT2D eigenvalue weighted by Gasteiger charge is 2.23. The highest BCUT2D eigenvalue weighted by atomic mass is 16.4. The van der Waals surface area contributed by atoms with Crippen LogP contribution in [0.15, 0.2) is 48.9 Å². The Morgan fingerprint density at radius 3 is 2.61 bits per heavy atom. The minimum Gasteiger partial charge on any atom is -0.478 e. The molecule has 3 heterocycles. The van der Waals surface area contributed by atoms with Gasteiger partial charge in [-0.2, -0.15) is 9.78 Å². The minimum atomic E-state index is -0.996. The topological polar surface area (TPSA) is 106 Å². The van der Waals surface area contributed by atoms with Gasteiger partial charge in [-0.1, -0.05) is 26.0 Å². The van der Waals surface area contributed by atoms with Gasteiger partial charge < -0.3 is 10.4 Å². The third-order valence-electron chi connectivity index (χ3n) is 5.47. The molecule has 0 spiro atoms. The molecule has 0 bridgehead atoms. The molecule has 4 aromatic rings. The number of carbonyl (C=O) groups is 1. The van der Waals surface area contributed by atoms with Crippen molar-refractivity contribution in [1.29, 1.82) is 0 Å². The molecule has 0 amide bonds. The first kappa shape index (κ1) is 22.1. The van der Waals surface area contributed by atoms with Crippen LogP contribution < -0.4 is 5.32 Å². The number of aromatic carboxylic acids is 1. The van der Waals surface area contributed by atoms with Crippen LogP contribution in [0.5, 0.6) is 0 Å². The summed E-state index contributed by atoms with van der Waals surface area (Å²) in [5.74, 6) is 0.211. The van der Waals surface area contributed by atoms with Gasteiger partial charge in [0.05, 0.1) is 28.3 Å². The molecule has 2 N–H and O–H groups in total. The lowest BCUT2D eigenvalue weighted by Gasteiger charge is -2.15. The van der Waals surface area contributed by atoms with Crippen LogP contribution in [0.2, 0.25) is 0 Å². The van der Waals surface area contributed by atoms with Crippen molar-refractivity contribution in [2.24, 2.45) is 0 Å². The highest BCUT2D eigenvalue weighted by molar-refractivity contribution is 5.96. The number of aromatic nitrogens is 5. The summed E-state index contributed by atoms with van der Waals surface area (Å²) in [4.78, 5) is 25.5. The van der Waals surface area contributed by atoms with Crippen LogP contribution >= 0.6 is 0 Å². The van der Waals surface area contributed by atoms with Gasteiger partial charge in [0.25, 0.3) is 0 Å². The summed E-state index contributed by atoms with van der Waals surface area (Å²) < 4.78 is 1.72. The fraction of sp³-hybridized carbons (Fsp3) is 0.240. The van der Waals surface area contributed by atoms with E-state index in [9.17, 15) is 9.90 Å². The Bertz CT molecular complexity index is 1310. The van der Waals surface area contributed by atoms with Crippen molar-refractivity contribution in [2.45, 2.75) is 40.5 Å². The van der Waals surface area contributed by atoms with Gasteiger partial charge in [0.2, 0.25) is 0 Å². The minimum absolute atomic E-state index is 0.198. The lowest BCUT2D eigenvalue weighted by Crippen LogP contribution is -2.11. The maximum Gasteiger partial charge on any atom is 0.337 e. The predicted molar refractivity (Wildman–Crippen MR) is 127 cm³/mol. The predicted octanol–water partition coefficient (Wildman–Crippen LogP) is 4.91. The van der Waals surface area contributed by atoms with Crippen LogP contribution in [0.1, 0.15) is 46.9 Å². The van der Waals surface area contributed by atoms with E-state index in [1.165, 1.54) is 0 Å². The van der Waals surface area contributed by atoms with E-state index in [2.05, 4.69) is 20.3 Å². The second kappa shape index (κ2) is 9.20. The largest absolute Gasteiger partial charge is 0.478 e. The summed E-state index contributed by atoms with van der Waals surface area (Å²) >= 11 is 0. The van der Waals surface area contributed by atoms with Gasteiger partial charge in [-0.3, -0.25) is 9.97 Å². The third-order valence-corrected chi connectivity index (χ3v) is 5.47. The molecular weight excluding hydrogens is 416 g/mol. The molecule has 0 radical (unpaired) electrons. The van der Waals surface area contributed by atoms with Gasteiger partial charge in [-0.25, -0.2) is 9.78 Å². The Morgan fingerprint density at radius 1 is 1.12 bits per heavy atom. The zero-order chi connectivity index (χ0) is 23.5. The van der Waals surface area contributed by atoms with Gasteiger partial charge in [-0.15, -0.1) is 0 Å². The van der Waals surface area contributed by atoms with E-state index in [0.29, 0.717) is 29.4 Å². The standard InChI is InChI=1S/C25H26N6O2/c1-5-17-9-10-21(19(12-17)25(32)33)29-24-22(18-8-7-11-26-14-18)20(6-2)30-31(24)23-16(4)27-13-15(3)28-23/h7-14,29H,5-6H2,1-4H3,(H,32,33). The molecule has 8 nitrogen and oxygen atoms in total. The van der Waals surface area contributed by atoms with Gasteiger partial charge >= 0.3 is 5.97 Å². The number of carboxylic acid groups (broad SMARTS) is 1. The molecule has 0 aliphatic carbocycles. The summed E-state index contributed by atoms with van der Waals surface area (Å²) in [6.45, 7) is 7.78. The Balaban J connectivity index is 1.99. The number of rotatable bonds is 7. The second-order valence-corrected chi connectivity index (χ2v) is 7.76. The molecule has 4 rings (SSSR count). The molecule has 0 unspecified atom stereocenters. The fourth-order valence-electron chi connectivity index (χ4n) is 3.74. The summed E-state index contributed by atoms with van der Waals surface area (Å²) in [6.07, 6.45) is 6.63.